The largest absolute Gasteiger partial charge is 0.337 e. The van der Waals surface area contributed by atoms with E-state index >= 15 is 0 Å². The lowest BCUT2D eigenvalue weighted by molar-refractivity contribution is -0.128. The lowest BCUT2D eigenvalue weighted by Gasteiger charge is -2.26. The molecule has 0 aromatic heterocycles. The minimum absolute atomic E-state index is 0.0502. The van der Waals surface area contributed by atoms with Crippen molar-refractivity contribution in [2.75, 3.05) is 18.1 Å². The van der Waals surface area contributed by atoms with Gasteiger partial charge in [-0.3, -0.25) is 4.79 Å². The van der Waals surface area contributed by atoms with Crippen LogP contribution in [0.25, 0.3) is 0 Å². The molecule has 2 bridgehead atoms. The molecule has 0 spiro atoms. The Bertz CT molecular complexity index is 338. The molecule has 2 saturated heterocycles. The van der Waals surface area contributed by atoms with Gasteiger partial charge in [0.15, 0.2) is 9.84 Å². The van der Waals surface area contributed by atoms with Crippen LogP contribution in [0.1, 0.15) is 6.42 Å². The van der Waals surface area contributed by atoms with Crippen molar-refractivity contribution in [1.82, 2.24) is 4.90 Å². The summed E-state index contributed by atoms with van der Waals surface area (Å²) in [7, 11) is -2.88. The van der Waals surface area contributed by atoms with Crippen molar-refractivity contribution in [2.24, 2.45) is 0 Å². The highest BCUT2D eigenvalue weighted by atomic mass is 32.2. The van der Waals surface area contributed by atoms with Crippen molar-refractivity contribution in [3.63, 3.8) is 0 Å². The number of hydrogen-bond acceptors (Lipinski definition) is 4. The molecule has 2 unspecified atom stereocenters. The number of amides is 1. The van der Waals surface area contributed by atoms with E-state index in [9.17, 15) is 13.2 Å². The fourth-order valence-corrected chi connectivity index (χ4v) is 4.30. The summed E-state index contributed by atoms with van der Waals surface area (Å²) in [5, 5.41) is -0.304. The van der Waals surface area contributed by atoms with E-state index in [1.165, 1.54) is 0 Å². The zero-order chi connectivity index (χ0) is 9.64. The van der Waals surface area contributed by atoms with Crippen LogP contribution >= 0.6 is 12.6 Å². The van der Waals surface area contributed by atoms with Crippen LogP contribution in [0.4, 0.5) is 0 Å². The van der Waals surface area contributed by atoms with Crippen LogP contribution in [-0.2, 0) is 14.6 Å². The second kappa shape index (κ2) is 2.88. The van der Waals surface area contributed by atoms with Gasteiger partial charge < -0.3 is 4.90 Å². The second-order valence-electron chi connectivity index (χ2n) is 3.55. The first-order chi connectivity index (χ1) is 6.04. The van der Waals surface area contributed by atoms with Gasteiger partial charge in [-0.2, -0.15) is 12.6 Å². The molecule has 4 nitrogen and oxygen atoms in total. The van der Waals surface area contributed by atoms with Gasteiger partial charge in [-0.25, -0.2) is 8.42 Å². The molecule has 13 heavy (non-hydrogen) atoms. The zero-order valence-electron chi connectivity index (χ0n) is 7.01. The lowest BCUT2D eigenvalue weighted by Crippen LogP contribution is -2.44. The van der Waals surface area contributed by atoms with Crippen molar-refractivity contribution in [3.8, 4) is 0 Å². The predicted octanol–water partition coefficient (Wildman–Crippen LogP) is -0.686. The summed E-state index contributed by atoms with van der Waals surface area (Å²) >= 11 is 3.89. The zero-order valence-corrected chi connectivity index (χ0v) is 8.72. The quantitative estimate of drug-likeness (QED) is 0.597. The number of nitrogens with zero attached hydrogens (tertiary/aromatic N) is 1. The fourth-order valence-electron chi connectivity index (χ4n) is 2.09. The summed E-state index contributed by atoms with van der Waals surface area (Å²) in [6, 6.07) is -0.0744. The van der Waals surface area contributed by atoms with Gasteiger partial charge in [0, 0.05) is 12.6 Å². The Labute approximate surface area is 82.6 Å². The first-order valence-corrected chi connectivity index (χ1v) is 6.51. The maximum Gasteiger partial charge on any atom is 0.232 e. The smallest absolute Gasteiger partial charge is 0.232 e. The second-order valence-corrected chi connectivity index (χ2v) is 6.19. The molecular formula is C7H11NO3S2. The number of likely N-dealkylation sites (tertiary alicyclic amines) is 1. The van der Waals surface area contributed by atoms with Gasteiger partial charge in [0.1, 0.15) is 0 Å². The molecule has 2 aliphatic rings. The number of fused-ring (bicyclic) bond motifs is 2. The maximum atomic E-state index is 11.3. The Hall–Kier alpha value is -0.230. The van der Waals surface area contributed by atoms with Crippen molar-refractivity contribution in [2.45, 2.75) is 17.7 Å². The number of carbonyl (C=O) groups is 1. The number of hydrogen-bond donors (Lipinski definition) is 1. The molecule has 1 amide bonds. The van der Waals surface area contributed by atoms with Crippen molar-refractivity contribution < 1.29 is 13.2 Å². The van der Waals surface area contributed by atoms with Gasteiger partial charge in [-0.05, 0) is 6.42 Å². The highest BCUT2D eigenvalue weighted by molar-refractivity contribution is 7.92. The first kappa shape index (κ1) is 9.33. The number of sulfone groups is 1. The average Bonchev–Trinajstić information content (AvgIpc) is 2.57. The van der Waals surface area contributed by atoms with Crippen LogP contribution in [-0.4, -0.2) is 48.6 Å². The Morgan fingerprint density at radius 3 is 2.62 bits per heavy atom. The van der Waals surface area contributed by atoms with Gasteiger partial charge in [0.2, 0.25) is 5.91 Å². The predicted molar refractivity (Wildman–Crippen MR) is 51.5 cm³/mol. The fraction of sp³-hybridized carbons (Fsp3) is 0.857. The van der Waals surface area contributed by atoms with E-state index in [1.54, 1.807) is 4.90 Å². The topological polar surface area (TPSA) is 54.5 Å². The third kappa shape index (κ3) is 1.36. The molecule has 0 aliphatic carbocycles. The van der Waals surface area contributed by atoms with E-state index < -0.39 is 9.84 Å². The molecule has 2 aliphatic heterocycles. The first-order valence-electron chi connectivity index (χ1n) is 4.16. The average molecular weight is 221 g/mol. The molecule has 2 atom stereocenters. The Morgan fingerprint density at radius 1 is 1.54 bits per heavy atom. The summed E-state index contributed by atoms with van der Waals surface area (Å²) in [5.74, 6) is 0.270. The highest BCUT2D eigenvalue weighted by Gasteiger charge is 2.49. The van der Waals surface area contributed by atoms with Crippen molar-refractivity contribution >= 4 is 28.4 Å². The number of thiol groups is 1. The SMILES string of the molecule is O=C(CS)N1CC2CC1CS2(=O)=O. The summed E-state index contributed by atoms with van der Waals surface area (Å²) in [6.45, 7) is 0.381. The molecule has 2 fully saturated rings. The molecule has 2 heterocycles. The van der Waals surface area contributed by atoms with E-state index in [-0.39, 0.29) is 28.7 Å². The maximum absolute atomic E-state index is 11.3. The third-order valence-electron chi connectivity index (χ3n) is 2.76. The van der Waals surface area contributed by atoms with Crippen LogP contribution in [0, 0.1) is 0 Å². The number of rotatable bonds is 1. The van der Waals surface area contributed by atoms with E-state index in [2.05, 4.69) is 12.6 Å². The molecule has 74 valence electrons. The molecule has 0 radical (unpaired) electrons. The van der Waals surface area contributed by atoms with Crippen molar-refractivity contribution in [3.05, 3.63) is 0 Å². The Kier molecular flexibility index (Phi) is 2.07. The molecule has 6 heteroatoms. The van der Waals surface area contributed by atoms with Crippen molar-refractivity contribution in [1.29, 1.82) is 0 Å². The van der Waals surface area contributed by atoms with E-state index in [0.29, 0.717) is 13.0 Å². The van der Waals surface area contributed by atoms with Crippen LogP contribution in [0.5, 0.6) is 0 Å². The minimum Gasteiger partial charge on any atom is -0.337 e. The van der Waals surface area contributed by atoms with Gasteiger partial charge in [-0.15, -0.1) is 0 Å². The van der Waals surface area contributed by atoms with Gasteiger partial charge in [-0.1, -0.05) is 0 Å². The van der Waals surface area contributed by atoms with Crippen LogP contribution in [0.15, 0.2) is 0 Å². The number of carbonyl (C=O) groups excluding carboxylic acids is 1. The summed E-state index contributed by atoms with van der Waals surface area (Å²) in [6.07, 6.45) is 0.627. The normalized spacial score (nSPS) is 35.3. The van der Waals surface area contributed by atoms with E-state index in [4.69, 9.17) is 0 Å². The van der Waals surface area contributed by atoms with E-state index in [0.717, 1.165) is 0 Å². The third-order valence-corrected chi connectivity index (χ3v) is 5.24. The van der Waals surface area contributed by atoms with Gasteiger partial charge in [0.25, 0.3) is 0 Å². The molecule has 0 aromatic carbocycles. The Balaban J connectivity index is 2.16. The molecule has 0 saturated carbocycles. The van der Waals surface area contributed by atoms with E-state index in [1.807, 2.05) is 0 Å². The minimum atomic E-state index is -2.88. The highest BCUT2D eigenvalue weighted by Crippen LogP contribution is 2.32. The summed E-state index contributed by atoms with van der Waals surface area (Å²) in [5.41, 5.74) is 0. The standard InChI is InChI=1S/C7H11NO3S2/c9-7(3-12)8-2-6-1-5(8)4-13(6,10)11/h5-6,12H,1-4H2. The van der Waals surface area contributed by atoms with Crippen LogP contribution in [0.2, 0.25) is 0 Å². The summed E-state index contributed by atoms with van der Waals surface area (Å²) < 4.78 is 22.6. The molecule has 0 N–H and O–H groups in total. The van der Waals surface area contributed by atoms with Gasteiger partial charge in [0.05, 0.1) is 16.8 Å². The van der Waals surface area contributed by atoms with Gasteiger partial charge >= 0.3 is 0 Å². The Morgan fingerprint density at radius 2 is 2.23 bits per heavy atom. The molecule has 2 rings (SSSR count). The monoisotopic (exact) mass is 221 g/mol. The molecular weight excluding hydrogens is 210 g/mol. The molecule has 0 aromatic rings. The van der Waals surface area contributed by atoms with Crippen LogP contribution < -0.4 is 0 Å². The summed E-state index contributed by atoms with van der Waals surface area (Å²) in [4.78, 5) is 12.9. The van der Waals surface area contributed by atoms with Crippen LogP contribution in [0.3, 0.4) is 0 Å². The lowest BCUT2D eigenvalue weighted by atomic mass is 10.2.